The molecular weight excluding hydrogens is 262 g/mol. The Morgan fingerprint density at radius 2 is 1.90 bits per heavy atom. The third-order valence-electron chi connectivity index (χ3n) is 4.41. The number of rotatable bonds is 5. The Hall–Kier alpha value is -1.82. The Kier molecular flexibility index (Phi) is 5.80. The zero-order valence-corrected chi connectivity index (χ0v) is 12.7. The van der Waals surface area contributed by atoms with Crippen LogP contribution >= 0.6 is 0 Å². The predicted molar refractivity (Wildman–Crippen MR) is 81.7 cm³/mol. The van der Waals surface area contributed by atoms with Gasteiger partial charge in [-0.1, -0.05) is 24.3 Å². The number of ether oxygens (including phenoxy) is 1. The molecule has 0 N–H and O–H groups in total. The molecule has 3 nitrogen and oxygen atoms in total. The van der Waals surface area contributed by atoms with Gasteiger partial charge in [-0.15, -0.1) is 0 Å². The highest BCUT2D eigenvalue weighted by Gasteiger charge is 2.22. The molecule has 1 aliphatic carbocycles. The number of carbonyl (C=O) groups excluding carboxylic acids is 1. The minimum Gasteiger partial charge on any atom is -0.466 e. The van der Waals surface area contributed by atoms with E-state index in [2.05, 4.69) is 30.3 Å². The molecule has 0 amide bonds. The predicted octanol–water partition coefficient (Wildman–Crippen LogP) is 3.98. The molecule has 0 saturated heterocycles. The summed E-state index contributed by atoms with van der Waals surface area (Å²) in [5.41, 5.74) is 2.49. The maximum absolute atomic E-state index is 10.8. The van der Waals surface area contributed by atoms with Crippen LogP contribution in [0.2, 0.25) is 0 Å². The van der Waals surface area contributed by atoms with Gasteiger partial charge in [-0.25, -0.2) is 0 Å². The summed E-state index contributed by atoms with van der Waals surface area (Å²) in [4.78, 5) is 10.8. The van der Waals surface area contributed by atoms with Gasteiger partial charge in [-0.3, -0.25) is 4.79 Å². The first-order chi connectivity index (χ1) is 10.2. The summed E-state index contributed by atoms with van der Waals surface area (Å²) in [5.74, 6) is 1.16. The highest BCUT2D eigenvalue weighted by Crippen LogP contribution is 2.37. The third-order valence-corrected chi connectivity index (χ3v) is 4.41. The van der Waals surface area contributed by atoms with Crippen molar-refractivity contribution in [2.45, 2.75) is 51.4 Å². The SMILES string of the molecule is CC(=O)OCCC1CCC(c2ccc(CC#N)cc2)CC1. The number of nitrogens with zero attached hydrogens (tertiary/aromatic N) is 1. The smallest absolute Gasteiger partial charge is 0.302 e. The highest BCUT2D eigenvalue weighted by molar-refractivity contribution is 5.65. The second-order valence-corrected chi connectivity index (χ2v) is 5.92. The first-order valence-electron chi connectivity index (χ1n) is 7.78. The number of nitriles is 1. The lowest BCUT2D eigenvalue weighted by atomic mass is 9.77. The Morgan fingerprint density at radius 3 is 2.48 bits per heavy atom. The lowest BCUT2D eigenvalue weighted by Crippen LogP contribution is -2.15. The van der Waals surface area contributed by atoms with Gasteiger partial charge in [0.05, 0.1) is 19.1 Å². The fraction of sp³-hybridized carbons (Fsp3) is 0.556. The van der Waals surface area contributed by atoms with Gasteiger partial charge >= 0.3 is 5.97 Å². The van der Waals surface area contributed by atoms with E-state index in [-0.39, 0.29) is 5.97 Å². The van der Waals surface area contributed by atoms with Crippen molar-refractivity contribution in [3.63, 3.8) is 0 Å². The molecule has 1 aromatic rings. The Bertz CT molecular complexity index is 493. The van der Waals surface area contributed by atoms with E-state index >= 15 is 0 Å². The third kappa shape index (κ3) is 4.90. The van der Waals surface area contributed by atoms with Gasteiger partial charge < -0.3 is 4.74 Å². The van der Waals surface area contributed by atoms with Crippen molar-refractivity contribution in [2.24, 2.45) is 5.92 Å². The molecule has 0 aliphatic heterocycles. The van der Waals surface area contributed by atoms with Crippen LogP contribution in [0.15, 0.2) is 24.3 Å². The Labute approximate surface area is 126 Å². The minimum atomic E-state index is -0.179. The van der Waals surface area contributed by atoms with Crippen molar-refractivity contribution >= 4 is 5.97 Å². The van der Waals surface area contributed by atoms with Gasteiger partial charge in [0.1, 0.15) is 0 Å². The molecule has 112 valence electrons. The van der Waals surface area contributed by atoms with Crippen LogP contribution in [-0.4, -0.2) is 12.6 Å². The Balaban J connectivity index is 1.78. The zero-order valence-electron chi connectivity index (χ0n) is 12.7. The summed E-state index contributed by atoms with van der Waals surface area (Å²) in [7, 11) is 0. The maximum atomic E-state index is 10.8. The van der Waals surface area contributed by atoms with E-state index < -0.39 is 0 Å². The van der Waals surface area contributed by atoms with Crippen molar-refractivity contribution in [2.75, 3.05) is 6.61 Å². The monoisotopic (exact) mass is 285 g/mol. The molecule has 1 aliphatic rings. The van der Waals surface area contributed by atoms with Crippen LogP contribution in [0.5, 0.6) is 0 Å². The summed E-state index contributed by atoms with van der Waals surface area (Å²) in [5, 5.41) is 8.69. The normalized spacial score (nSPS) is 21.5. The average Bonchev–Trinajstić information content (AvgIpc) is 2.49. The molecule has 1 saturated carbocycles. The van der Waals surface area contributed by atoms with Crippen molar-refractivity contribution in [3.8, 4) is 6.07 Å². The average molecular weight is 285 g/mol. The van der Waals surface area contributed by atoms with Crippen LogP contribution in [0.4, 0.5) is 0 Å². The first-order valence-corrected chi connectivity index (χ1v) is 7.78. The second-order valence-electron chi connectivity index (χ2n) is 5.92. The van der Waals surface area contributed by atoms with E-state index in [4.69, 9.17) is 10.00 Å². The van der Waals surface area contributed by atoms with Crippen LogP contribution in [0.1, 0.15) is 56.1 Å². The fourth-order valence-electron chi connectivity index (χ4n) is 3.15. The van der Waals surface area contributed by atoms with Crippen molar-refractivity contribution in [1.82, 2.24) is 0 Å². The first kappa shape index (κ1) is 15.6. The van der Waals surface area contributed by atoms with Crippen LogP contribution in [0.3, 0.4) is 0 Å². The van der Waals surface area contributed by atoms with Crippen LogP contribution in [0, 0.1) is 17.2 Å². The minimum absolute atomic E-state index is 0.179. The van der Waals surface area contributed by atoms with Gasteiger partial charge in [0.15, 0.2) is 0 Å². The molecule has 0 aromatic heterocycles. The van der Waals surface area contributed by atoms with Crippen LogP contribution < -0.4 is 0 Å². The van der Waals surface area contributed by atoms with Gasteiger partial charge in [0, 0.05) is 6.92 Å². The lowest BCUT2D eigenvalue weighted by Gasteiger charge is -2.28. The number of carbonyl (C=O) groups is 1. The van der Waals surface area contributed by atoms with E-state index in [0.29, 0.717) is 24.9 Å². The van der Waals surface area contributed by atoms with E-state index in [1.54, 1.807) is 0 Å². The van der Waals surface area contributed by atoms with Crippen molar-refractivity contribution < 1.29 is 9.53 Å². The van der Waals surface area contributed by atoms with Crippen LogP contribution in [0.25, 0.3) is 0 Å². The molecule has 0 atom stereocenters. The quantitative estimate of drug-likeness (QED) is 0.769. The molecule has 1 aromatic carbocycles. The molecule has 0 spiro atoms. The molecule has 0 radical (unpaired) electrons. The molecule has 2 rings (SSSR count). The Morgan fingerprint density at radius 1 is 1.24 bits per heavy atom. The van der Waals surface area contributed by atoms with Gasteiger partial charge in [0.25, 0.3) is 0 Å². The van der Waals surface area contributed by atoms with E-state index in [9.17, 15) is 4.79 Å². The summed E-state index contributed by atoms with van der Waals surface area (Å²) in [6.07, 6.45) is 6.33. The topological polar surface area (TPSA) is 50.1 Å². The molecule has 0 heterocycles. The highest BCUT2D eigenvalue weighted by atomic mass is 16.5. The largest absolute Gasteiger partial charge is 0.466 e. The molecule has 3 heteroatoms. The lowest BCUT2D eigenvalue weighted by molar-refractivity contribution is -0.141. The summed E-state index contributed by atoms with van der Waals surface area (Å²) in [6.45, 7) is 2.03. The molecule has 0 bridgehead atoms. The van der Waals surface area contributed by atoms with Crippen LogP contribution in [-0.2, 0) is 16.0 Å². The zero-order chi connectivity index (χ0) is 15.1. The standard InChI is InChI=1S/C18H23NO2/c1-14(20)21-13-11-16-4-8-18(9-5-16)17-6-2-15(3-7-17)10-12-19/h2-3,6-7,16,18H,4-5,8-11,13H2,1H3. The molecule has 0 unspecified atom stereocenters. The van der Waals surface area contributed by atoms with E-state index in [1.165, 1.54) is 38.2 Å². The summed E-state index contributed by atoms with van der Waals surface area (Å²) in [6, 6.07) is 10.7. The maximum Gasteiger partial charge on any atom is 0.302 e. The summed E-state index contributed by atoms with van der Waals surface area (Å²) >= 11 is 0. The number of esters is 1. The van der Waals surface area contributed by atoms with Gasteiger partial charge in [-0.2, -0.15) is 5.26 Å². The van der Waals surface area contributed by atoms with Gasteiger partial charge in [-0.05, 0) is 55.1 Å². The number of hydrogen-bond acceptors (Lipinski definition) is 3. The van der Waals surface area contributed by atoms with Gasteiger partial charge in [0.2, 0.25) is 0 Å². The number of benzene rings is 1. The van der Waals surface area contributed by atoms with Crippen molar-refractivity contribution in [3.05, 3.63) is 35.4 Å². The van der Waals surface area contributed by atoms with E-state index in [0.717, 1.165) is 12.0 Å². The molecule has 1 fully saturated rings. The second kappa shape index (κ2) is 7.83. The van der Waals surface area contributed by atoms with Crippen molar-refractivity contribution in [1.29, 1.82) is 5.26 Å². The van der Waals surface area contributed by atoms with E-state index in [1.807, 2.05) is 0 Å². The summed E-state index contributed by atoms with van der Waals surface area (Å²) < 4.78 is 5.03. The molecular formula is C18H23NO2. The molecule has 21 heavy (non-hydrogen) atoms. The fourth-order valence-corrected chi connectivity index (χ4v) is 3.15. The number of hydrogen-bond donors (Lipinski definition) is 0.